The van der Waals surface area contributed by atoms with Crippen molar-refractivity contribution in [3.63, 3.8) is 0 Å². The molecule has 2 fully saturated rings. The highest BCUT2D eigenvalue weighted by molar-refractivity contribution is 5.34. The highest BCUT2D eigenvalue weighted by Gasteiger charge is 2.61. The molecule has 2 saturated carbocycles. The van der Waals surface area contributed by atoms with Gasteiger partial charge in [-0.05, 0) is 61.7 Å². The summed E-state index contributed by atoms with van der Waals surface area (Å²) >= 11 is 0. The molecule has 0 heterocycles. The van der Waals surface area contributed by atoms with E-state index in [1.54, 1.807) is 5.57 Å². The average Bonchev–Trinajstić information content (AvgIpc) is 2.55. The molecule has 3 aliphatic rings. The fourth-order valence-electron chi connectivity index (χ4n) is 4.62. The van der Waals surface area contributed by atoms with Crippen LogP contribution in [0.1, 0.15) is 53.4 Å². The molecule has 0 spiro atoms. The van der Waals surface area contributed by atoms with Gasteiger partial charge in [-0.3, -0.25) is 0 Å². The van der Waals surface area contributed by atoms with E-state index in [0.717, 1.165) is 23.7 Å². The molecule has 0 aliphatic heterocycles. The Morgan fingerprint density at radius 1 is 1.13 bits per heavy atom. The highest BCUT2D eigenvalue weighted by atomic mass is 14.7. The van der Waals surface area contributed by atoms with Crippen molar-refractivity contribution < 1.29 is 0 Å². The standard InChI is InChI=1S/C15H24/c1-9-6-8-12-14(15(12,3)4)13-10(2)5-7-11(9)13/h9,11-12,14H,5-8H2,1-4H3/t9-,11-,12+,14+/m1/s1. The second-order valence-corrected chi connectivity index (χ2v) is 6.84. The molecule has 0 unspecified atom stereocenters. The Morgan fingerprint density at radius 3 is 2.60 bits per heavy atom. The van der Waals surface area contributed by atoms with E-state index in [1.807, 2.05) is 5.57 Å². The Labute approximate surface area is 94.1 Å². The zero-order valence-corrected chi connectivity index (χ0v) is 10.6. The fourth-order valence-corrected chi connectivity index (χ4v) is 4.62. The number of rotatable bonds is 0. The molecule has 0 aromatic heterocycles. The third-order valence-electron chi connectivity index (χ3n) is 5.73. The van der Waals surface area contributed by atoms with E-state index in [4.69, 9.17) is 0 Å². The van der Waals surface area contributed by atoms with Crippen molar-refractivity contribution in [2.45, 2.75) is 53.4 Å². The Kier molecular flexibility index (Phi) is 1.92. The van der Waals surface area contributed by atoms with E-state index in [-0.39, 0.29) is 0 Å². The molecule has 0 aromatic carbocycles. The zero-order chi connectivity index (χ0) is 10.8. The quantitative estimate of drug-likeness (QED) is 0.513. The van der Waals surface area contributed by atoms with Crippen molar-refractivity contribution >= 4 is 0 Å². The third kappa shape index (κ3) is 1.20. The topological polar surface area (TPSA) is 0 Å². The van der Waals surface area contributed by atoms with Crippen molar-refractivity contribution in [1.29, 1.82) is 0 Å². The number of fused-ring (bicyclic) bond motifs is 3. The maximum Gasteiger partial charge on any atom is -0.0110 e. The Morgan fingerprint density at radius 2 is 1.87 bits per heavy atom. The minimum Gasteiger partial charge on any atom is -0.0735 e. The van der Waals surface area contributed by atoms with E-state index in [2.05, 4.69) is 27.7 Å². The van der Waals surface area contributed by atoms with Gasteiger partial charge in [0.1, 0.15) is 0 Å². The van der Waals surface area contributed by atoms with E-state index in [0.29, 0.717) is 5.41 Å². The first-order chi connectivity index (χ1) is 7.03. The predicted molar refractivity (Wildman–Crippen MR) is 64.6 cm³/mol. The lowest BCUT2D eigenvalue weighted by molar-refractivity contribution is 0.351. The van der Waals surface area contributed by atoms with Crippen LogP contribution in [0.5, 0.6) is 0 Å². The third-order valence-corrected chi connectivity index (χ3v) is 5.73. The summed E-state index contributed by atoms with van der Waals surface area (Å²) in [6.45, 7) is 9.88. The van der Waals surface area contributed by atoms with Crippen LogP contribution in [0.2, 0.25) is 0 Å². The summed E-state index contributed by atoms with van der Waals surface area (Å²) in [5.74, 6) is 3.91. The van der Waals surface area contributed by atoms with Gasteiger partial charge >= 0.3 is 0 Å². The van der Waals surface area contributed by atoms with Gasteiger partial charge in [0.2, 0.25) is 0 Å². The van der Waals surface area contributed by atoms with Crippen LogP contribution in [-0.4, -0.2) is 0 Å². The molecule has 0 nitrogen and oxygen atoms in total. The maximum atomic E-state index is 2.49. The average molecular weight is 204 g/mol. The van der Waals surface area contributed by atoms with Gasteiger partial charge in [0.15, 0.2) is 0 Å². The molecule has 0 heteroatoms. The second kappa shape index (κ2) is 2.90. The molecule has 0 radical (unpaired) electrons. The molecule has 15 heavy (non-hydrogen) atoms. The second-order valence-electron chi connectivity index (χ2n) is 6.84. The van der Waals surface area contributed by atoms with Crippen LogP contribution in [0.25, 0.3) is 0 Å². The summed E-state index contributed by atoms with van der Waals surface area (Å²) < 4.78 is 0. The van der Waals surface area contributed by atoms with Crippen LogP contribution in [0.4, 0.5) is 0 Å². The normalized spacial score (nSPS) is 47.2. The number of hydrogen-bond acceptors (Lipinski definition) is 0. The SMILES string of the molecule is CC1=C2[C@@H]3[C@H](CC[C@@H](C)[C@H]2CC1)C3(C)C. The van der Waals surface area contributed by atoms with Crippen molar-refractivity contribution in [3.05, 3.63) is 11.1 Å². The molecule has 0 N–H and O–H groups in total. The summed E-state index contributed by atoms with van der Waals surface area (Å²) in [4.78, 5) is 0. The Hall–Kier alpha value is -0.260. The van der Waals surface area contributed by atoms with E-state index in [1.165, 1.54) is 25.7 Å². The summed E-state index contributed by atoms with van der Waals surface area (Å²) in [5, 5.41) is 0. The lowest BCUT2D eigenvalue weighted by atomic mass is 9.82. The van der Waals surface area contributed by atoms with Gasteiger partial charge in [-0.15, -0.1) is 0 Å². The minimum atomic E-state index is 0.638. The lowest BCUT2D eigenvalue weighted by Gasteiger charge is -2.23. The number of hydrogen-bond donors (Lipinski definition) is 0. The van der Waals surface area contributed by atoms with Crippen LogP contribution >= 0.6 is 0 Å². The van der Waals surface area contributed by atoms with Crippen molar-refractivity contribution in [3.8, 4) is 0 Å². The molecule has 4 atom stereocenters. The van der Waals surface area contributed by atoms with Crippen LogP contribution in [-0.2, 0) is 0 Å². The summed E-state index contributed by atoms with van der Waals surface area (Å²) in [6.07, 6.45) is 5.82. The zero-order valence-electron chi connectivity index (χ0n) is 10.6. The van der Waals surface area contributed by atoms with Gasteiger partial charge in [-0.2, -0.15) is 0 Å². The Balaban J connectivity index is 2.00. The molecule has 0 bridgehead atoms. The summed E-state index contributed by atoms with van der Waals surface area (Å²) in [7, 11) is 0. The van der Waals surface area contributed by atoms with E-state index in [9.17, 15) is 0 Å². The smallest absolute Gasteiger partial charge is 0.0110 e. The largest absolute Gasteiger partial charge is 0.0735 e. The highest BCUT2D eigenvalue weighted by Crippen LogP contribution is 2.69. The first-order valence-corrected chi connectivity index (χ1v) is 6.73. The first-order valence-electron chi connectivity index (χ1n) is 6.73. The van der Waals surface area contributed by atoms with Crippen LogP contribution in [0.3, 0.4) is 0 Å². The summed E-state index contributed by atoms with van der Waals surface area (Å²) in [5.41, 5.74) is 4.31. The van der Waals surface area contributed by atoms with E-state index >= 15 is 0 Å². The van der Waals surface area contributed by atoms with Crippen LogP contribution in [0, 0.1) is 29.1 Å². The monoisotopic (exact) mass is 204 g/mol. The molecule has 3 rings (SSSR count). The molecular formula is C15H24. The fraction of sp³-hybridized carbons (Fsp3) is 0.867. The van der Waals surface area contributed by atoms with Gasteiger partial charge in [0, 0.05) is 0 Å². The Bertz CT molecular complexity index is 321. The minimum absolute atomic E-state index is 0.638. The van der Waals surface area contributed by atoms with Crippen molar-refractivity contribution in [2.24, 2.45) is 29.1 Å². The van der Waals surface area contributed by atoms with Gasteiger partial charge in [-0.25, -0.2) is 0 Å². The lowest BCUT2D eigenvalue weighted by Crippen LogP contribution is -2.13. The van der Waals surface area contributed by atoms with Crippen LogP contribution < -0.4 is 0 Å². The van der Waals surface area contributed by atoms with Crippen molar-refractivity contribution in [2.75, 3.05) is 0 Å². The van der Waals surface area contributed by atoms with Crippen molar-refractivity contribution in [1.82, 2.24) is 0 Å². The molecule has 3 aliphatic carbocycles. The number of allylic oxidation sites excluding steroid dienone is 2. The van der Waals surface area contributed by atoms with Gasteiger partial charge in [-0.1, -0.05) is 31.9 Å². The molecular weight excluding hydrogens is 180 g/mol. The van der Waals surface area contributed by atoms with Gasteiger partial charge < -0.3 is 0 Å². The molecule has 0 amide bonds. The van der Waals surface area contributed by atoms with Crippen LogP contribution in [0.15, 0.2) is 11.1 Å². The van der Waals surface area contributed by atoms with Gasteiger partial charge in [0.25, 0.3) is 0 Å². The molecule has 0 saturated heterocycles. The first kappa shape index (κ1) is 9.93. The van der Waals surface area contributed by atoms with Gasteiger partial charge in [0.05, 0.1) is 0 Å². The maximum absolute atomic E-state index is 2.49. The predicted octanol–water partition coefficient (Wildman–Crippen LogP) is 4.42. The molecule has 84 valence electrons. The van der Waals surface area contributed by atoms with E-state index < -0.39 is 0 Å². The summed E-state index contributed by atoms with van der Waals surface area (Å²) in [6, 6.07) is 0. The molecule has 0 aromatic rings.